The van der Waals surface area contributed by atoms with Crippen molar-refractivity contribution in [1.29, 1.82) is 0 Å². The highest BCUT2D eigenvalue weighted by atomic mass is 16.5. The van der Waals surface area contributed by atoms with Crippen molar-refractivity contribution in [2.45, 2.75) is 31.4 Å². The van der Waals surface area contributed by atoms with Crippen LogP contribution in [0.4, 0.5) is 0 Å². The van der Waals surface area contributed by atoms with E-state index in [1.54, 1.807) is 0 Å². The lowest BCUT2D eigenvalue weighted by Crippen LogP contribution is -2.39. The second kappa shape index (κ2) is 7.98. The second-order valence-electron chi connectivity index (χ2n) is 9.83. The van der Waals surface area contributed by atoms with Gasteiger partial charge in [-0.3, -0.25) is 19.4 Å². The van der Waals surface area contributed by atoms with Crippen molar-refractivity contribution in [2.75, 3.05) is 26.7 Å². The molecule has 2 saturated heterocycles. The van der Waals surface area contributed by atoms with Crippen LogP contribution in [0.2, 0.25) is 0 Å². The van der Waals surface area contributed by atoms with Gasteiger partial charge in [0, 0.05) is 24.5 Å². The number of likely N-dealkylation sites (tertiary alicyclic amines) is 2. The predicted octanol–water partition coefficient (Wildman–Crippen LogP) is 3.71. The number of amides is 2. The second-order valence-corrected chi connectivity index (χ2v) is 9.83. The summed E-state index contributed by atoms with van der Waals surface area (Å²) < 4.78 is 5.87. The normalized spacial score (nSPS) is 29.8. The summed E-state index contributed by atoms with van der Waals surface area (Å²) in [6, 6.07) is 18.3. The van der Waals surface area contributed by atoms with Crippen LogP contribution in [0, 0.1) is 11.8 Å². The number of ether oxygens (including phenoxy) is 1. The Labute approximate surface area is 189 Å². The van der Waals surface area contributed by atoms with Crippen LogP contribution < -0.4 is 0 Å². The first-order chi connectivity index (χ1) is 15.4. The number of imide groups is 1. The van der Waals surface area contributed by atoms with Crippen LogP contribution in [0.1, 0.15) is 36.1 Å². The number of carbonyl (C=O) groups excluding carboxylic acids is 2. The predicted molar refractivity (Wildman–Crippen MR) is 123 cm³/mol. The summed E-state index contributed by atoms with van der Waals surface area (Å²) in [7, 11) is 2.00. The molecule has 0 unspecified atom stereocenters. The van der Waals surface area contributed by atoms with E-state index in [0.717, 1.165) is 11.1 Å². The van der Waals surface area contributed by atoms with Crippen molar-refractivity contribution < 1.29 is 14.3 Å². The molecule has 0 spiro atoms. The van der Waals surface area contributed by atoms with E-state index >= 15 is 0 Å². The number of hydrogen-bond acceptors (Lipinski definition) is 4. The first-order valence-electron chi connectivity index (χ1n) is 11.3. The molecule has 0 saturated carbocycles. The Bertz CT molecular complexity index is 1070. The number of fused-ring (bicyclic) bond motifs is 2. The lowest BCUT2D eigenvalue weighted by molar-refractivity contribution is -0.140. The highest BCUT2D eigenvalue weighted by Crippen LogP contribution is 2.46. The quantitative estimate of drug-likeness (QED) is 0.536. The summed E-state index contributed by atoms with van der Waals surface area (Å²) in [5.41, 5.74) is 4.24. The minimum absolute atomic E-state index is 0.0584. The molecule has 3 heterocycles. The van der Waals surface area contributed by atoms with Crippen molar-refractivity contribution in [3.63, 3.8) is 0 Å². The SMILES string of the molecule is C=C(CN1C(=O)[C@H]2[C@H](CN(C)[C@@H]2c2ccccc2)C1=O)C[C@@]1(C)COCc2ccccc21. The summed E-state index contributed by atoms with van der Waals surface area (Å²) in [5.74, 6) is -0.724. The summed E-state index contributed by atoms with van der Waals surface area (Å²) >= 11 is 0. The Morgan fingerprint density at radius 1 is 1.09 bits per heavy atom. The first-order valence-corrected chi connectivity index (χ1v) is 11.3. The molecule has 2 fully saturated rings. The van der Waals surface area contributed by atoms with Crippen LogP contribution in [0.25, 0.3) is 0 Å². The molecule has 3 aliphatic heterocycles. The molecule has 0 N–H and O–H groups in total. The number of carbonyl (C=O) groups is 2. The molecule has 2 amide bonds. The number of hydrogen-bond donors (Lipinski definition) is 0. The van der Waals surface area contributed by atoms with E-state index in [0.29, 0.717) is 26.2 Å². The van der Waals surface area contributed by atoms with Crippen LogP contribution in [0.5, 0.6) is 0 Å². The molecule has 5 nitrogen and oxygen atoms in total. The maximum absolute atomic E-state index is 13.4. The lowest BCUT2D eigenvalue weighted by atomic mass is 9.75. The fourth-order valence-electron chi connectivity index (χ4n) is 6.00. The van der Waals surface area contributed by atoms with Crippen molar-refractivity contribution in [3.05, 3.63) is 83.4 Å². The molecular weight excluding hydrogens is 400 g/mol. The molecule has 0 aliphatic carbocycles. The molecule has 32 heavy (non-hydrogen) atoms. The van der Waals surface area contributed by atoms with Crippen molar-refractivity contribution in [3.8, 4) is 0 Å². The summed E-state index contributed by atoms with van der Waals surface area (Å²) in [5, 5.41) is 0. The third-order valence-corrected chi connectivity index (χ3v) is 7.38. The van der Waals surface area contributed by atoms with Gasteiger partial charge in [-0.15, -0.1) is 0 Å². The number of nitrogens with zero attached hydrogens (tertiary/aromatic N) is 2. The third kappa shape index (κ3) is 3.40. The highest BCUT2D eigenvalue weighted by molar-refractivity contribution is 6.06. The van der Waals surface area contributed by atoms with Gasteiger partial charge in [0.1, 0.15) is 0 Å². The monoisotopic (exact) mass is 430 g/mol. The zero-order chi connectivity index (χ0) is 22.5. The topological polar surface area (TPSA) is 49.9 Å². The average Bonchev–Trinajstić information content (AvgIpc) is 3.24. The molecule has 0 radical (unpaired) electrons. The van der Waals surface area contributed by atoms with E-state index < -0.39 is 0 Å². The van der Waals surface area contributed by atoms with Crippen LogP contribution in [0.15, 0.2) is 66.7 Å². The van der Waals surface area contributed by atoms with E-state index in [1.165, 1.54) is 16.0 Å². The molecular formula is C27H30N2O3. The zero-order valence-corrected chi connectivity index (χ0v) is 18.8. The van der Waals surface area contributed by atoms with Crippen molar-refractivity contribution >= 4 is 11.8 Å². The van der Waals surface area contributed by atoms with Crippen LogP contribution in [0.3, 0.4) is 0 Å². The van der Waals surface area contributed by atoms with E-state index in [2.05, 4.69) is 36.6 Å². The summed E-state index contributed by atoms with van der Waals surface area (Å²) in [6.45, 7) is 8.58. The van der Waals surface area contributed by atoms with Gasteiger partial charge in [-0.05, 0) is 30.2 Å². The largest absolute Gasteiger partial charge is 0.376 e. The molecule has 2 aromatic carbocycles. The van der Waals surface area contributed by atoms with Crippen molar-refractivity contribution in [2.24, 2.45) is 11.8 Å². The van der Waals surface area contributed by atoms with E-state index in [9.17, 15) is 9.59 Å². The molecule has 0 bridgehead atoms. The first kappa shape index (κ1) is 21.1. The van der Waals surface area contributed by atoms with Gasteiger partial charge < -0.3 is 4.74 Å². The van der Waals surface area contributed by atoms with Gasteiger partial charge in [-0.25, -0.2) is 0 Å². The fourth-order valence-corrected chi connectivity index (χ4v) is 6.00. The highest BCUT2D eigenvalue weighted by Gasteiger charge is 2.56. The van der Waals surface area contributed by atoms with Crippen LogP contribution >= 0.6 is 0 Å². The van der Waals surface area contributed by atoms with Crippen molar-refractivity contribution in [1.82, 2.24) is 9.80 Å². The van der Waals surface area contributed by atoms with Crippen LogP contribution in [-0.2, 0) is 26.3 Å². The maximum Gasteiger partial charge on any atom is 0.235 e. The Balaban J connectivity index is 1.33. The number of rotatable bonds is 5. The van der Waals surface area contributed by atoms with Gasteiger partial charge in [-0.2, -0.15) is 0 Å². The Hall–Kier alpha value is -2.76. The molecule has 4 atom stereocenters. The van der Waals surface area contributed by atoms with Gasteiger partial charge in [0.25, 0.3) is 0 Å². The minimum atomic E-state index is -0.322. The zero-order valence-electron chi connectivity index (χ0n) is 18.8. The van der Waals surface area contributed by atoms with E-state index in [-0.39, 0.29) is 41.7 Å². The van der Waals surface area contributed by atoms with Gasteiger partial charge in [-0.1, -0.05) is 73.7 Å². The Morgan fingerprint density at radius 2 is 1.81 bits per heavy atom. The van der Waals surface area contributed by atoms with Gasteiger partial charge in [0.05, 0.1) is 25.0 Å². The number of benzene rings is 2. The average molecular weight is 431 g/mol. The molecule has 3 aliphatic rings. The summed E-state index contributed by atoms with van der Waals surface area (Å²) in [4.78, 5) is 30.3. The lowest BCUT2D eigenvalue weighted by Gasteiger charge is -2.37. The molecule has 0 aromatic heterocycles. The molecule has 166 valence electrons. The van der Waals surface area contributed by atoms with E-state index in [1.807, 2.05) is 43.4 Å². The van der Waals surface area contributed by atoms with Gasteiger partial charge in [0.2, 0.25) is 11.8 Å². The molecule has 2 aromatic rings. The molecule has 5 rings (SSSR count). The Kier molecular flexibility index (Phi) is 5.26. The summed E-state index contributed by atoms with van der Waals surface area (Å²) in [6.07, 6.45) is 0.679. The van der Waals surface area contributed by atoms with Gasteiger partial charge in [0.15, 0.2) is 0 Å². The molecule has 5 heteroatoms. The standard InChI is InChI=1S/C27H30N2O3/c1-18(13-27(2)17-32-16-20-11-7-8-12-22(20)27)14-29-25(30)21-15-28(3)24(23(21)26(29)31)19-9-5-4-6-10-19/h4-12,21,23-24H,1,13-17H2,2-3H3/t21-,23-,24+,27-/m0/s1. The van der Waals surface area contributed by atoms with Crippen LogP contribution in [-0.4, -0.2) is 48.4 Å². The Morgan fingerprint density at radius 3 is 2.59 bits per heavy atom. The smallest absolute Gasteiger partial charge is 0.235 e. The third-order valence-electron chi connectivity index (χ3n) is 7.38. The maximum atomic E-state index is 13.4. The minimum Gasteiger partial charge on any atom is -0.376 e. The van der Waals surface area contributed by atoms with Gasteiger partial charge >= 0.3 is 0 Å². The fraction of sp³-hybridized carbons (Fsp3) is 0.407. The van der Waals surface area contributed by atoms with E-state index in [4.69, 9.17) is 4.74 Å².